The summed E-state index contributed by atoms with van der Waals surface area (Å²) in [5.41, 5.74) is 5.80. The highest BCUT2D eigenvalue weighted by atomic mass is 32.2. The number of sulfonamides is 1. The molecule has 1 rings (SSSR count). The van der Waals surface area contributed by atoms with E-state index in [2.05, 4.69) is 21.3 Å². The molecule has 0 aliphatic heterocycles. The number of methoxy groups -OCH3 is 1. The lowest BCUT2D eigenvalue weighted by molar-refractivity contribution is 0.0600. The Hall–Kier alpha value is -2.04. The van der Waals surface area contributed by atoms with Gasteiger partial charge < -0.3 is 10.5 Å². The SMILES string of the molecule is CC#CCNS(=O)(=O)c1ccc(C(=O)OC)cc1N. The molecule has 0 spiro atoms. The van der Waals surface area contributed by atoms with Crippen molar-refractivity contribution in [3.63, 3.8) is 0 Å². The van der Waals surface area contributed by atoms with Crippen molar-refractivity contribution >= 4 is 21.7 Å². The minimum Gasteiger partial charge on any atom is -0.465 e. The van der Waals surface area contributed by atoms with Crippen LogP contribution in [0.5, 0.6) is 0 Å². The van der Waals surface area contributed by atoms with Crippen molar-refractivity contribution in [2.75, 3.05) is 19.4 Å². The second-order valence-corrected chi connectivity index (χ2v) is 5.23. The van der Waals surface area contributed by atoms with E-state index in [-0.39, 0.29) is 22.7 Å². The van der Waals surface area contributed by atoms with Crippen LogP contribution in [0.4, 0.5) is 5.69 Å². The Bertz CT molecular complexity index is 641. The lowest BCUT2D eigenvalue weighted by Crippen LogP contribution is -2.25. The lowest BCUT2D eigenvalue weighted by Gasteiger charge is -2.08. The molecule has 3 N–H and O–H groups in total. The first-order valence-corrected chi connectivity index (χ1v) is 6.78. The fourth-order valence-electron chi connectivity index (χ4n) is 1.34. The Morgan fingerprint density at radius 2 is 2.16 bits per heavy atom. The molecule has 0 saturated carbocycles. The Morgan fingerprint density at radius 3 is 2.68 bits per heavy atom. The van der Waals surface area contributed by atoms with Crippen LogP contribution in [0.3, 0.4) is 0 Å². The number of hydrogen-bond donors (Lipinski definition) is 2. The average molecular weight is 282 g/mol. The molecule has 0 aliphatic carbocycles. The molecule has 0 aliphatic rings. The third-order valence-electron chi connectivity index (χ3n) is 2.25. The van der Waals surface area contributed by atoms with E-state index in [1.807, 2.05) is 0 Å². The zero-order chi connectivity index (χ0) is 14.5. The van der Waals surface area contributed by atoms with Crippen LogP contribution in [0.15, 0.2) is 23.1 Å². The summed E-state index contributed by atoms with van der Waals surface area (Å²) in [6, 6.07) is 3.84. The number of rotatable bonds is 4. The molecule has 102 valence electrons. The number of benzene rings is 1. The van der Waals surface area contributed by atoms with Crippen LogP contribution in [0.2, 0.25) is 0 Å². The number of esters is 1. The van der Waals surface area contributed by atoms with Gasteiger partial charge in [0.2, 0.25) is 10.0 Å². The number of hydrogen-bond acceptors (Lipinski definition) is 5. The summed E-state index contributed by atoms with van der Waals surface area (Å²) in [5, 5.41) is 0. The lowest BCUT2D eigenvalue weighted by atomic mass is 10.2. The summed E-state index contributed by atoms with van der Waals surface area (Å²) in [4.78, 5) is 11.2. The van der Waals surface area contributed by atoms with Crippen LogP contribution in [-0.2, 0) is 14.8 Å². The molecule has 0 bridgehead atoms. The summed E-state index contributed by atoms with van der Waals surface area (Å²) < 4.78 is 30.6. The smallest absolute Gasteiger partial charge is 0.337 e. The van der Waals surface area contributed by atoms with Gasteiger partial charge in [0.05, 0.1) is 24.9 Å². The third-order valence-corrected chi connectivity index (χ3v) is 3.72. The van der Waals surface area contributed by atoms with Crippen LogP contribution < -0.4 is 10.5 Å². The molecule has 19 heavy (non-hydrogen) atoms. The van der Waals surface area contributed by atoms with Crippen LogP contribution in [0, 0.1) is 11.8 Å². The first kappa shape index (κ1) is 15.0. The number of nitrogen functional groups attached to an aromatic ring is 1. The topological polar surface area (TPSA) is 98.5 Å². The molecule has 0 atom stereocenters. The van der Waals surface area contributed by atoms with Crippen molar-refractivity contribution in [2.45, 2.75) is 11.8 Å². The van der Waals surface area contributed by atoms with E-state index >= 15 is 0 Å². The number of nitrogens with one attached hydrogen (secondary N) is 1. The molecule has 7 heteroatoms. The van der Waals surface area contributed by atoms with Crippen LogP contribution in [0.1, 0.15) is 17.3 Å². The zero-order valence-corrected chi connectivity index (χ0v) is 11.4. The van der Waals surface area contributed by atoms with Crippen LogP contribution in [-0.4, -0.2) is 28.0 Å². The van der Waals surface area contributed by atoms with E-state index in [1.165, 1.54) is 25.3 Å². The Kier molecular flexibility index (Phi) is 4.92. The molecule has 0 unspecified atom stereocenters. The molecule has 0 radical (unpaired) electrons. The van der Waals surface area contributed by atoms with Gasteiger partial charge in [-0.1, -0.05) is 5.92 Å². The van der Waals surface area contributed by atoms with Gasteiger partial charge >= 0.3 is 5.97 Å². The van der Waals surface area contributed by atoms with E-state index in [1.54, 1.807) is 6.92 Å². The van der Waals surface area contributed by atoms with Crippen molar-refractivity contribution in [2.24, 2.45) is 0 Å². The Labute approximate surface area is 112 Å². The first-order valence-electron chi connectivity index (χ1n) is 5.29. The molecule has 6 nitrogen and oxygen atoms in total. The number of ether oxygens (including phenoxy) is 1. The highest BCUT2D eigenvalue weighted by Crippen LogP contribution is 2.19. The maximum absolute atomic E-state index is 11.9. The van der Waals surface area contributed by atoms with Crippen molar-refractivity contribution in [3.05, 3.63) is 23.8 Å². The van der Waals surface area contributed by atoms with Gasteiger partial charge in [0.15, 0.2) is 0 Å². The van der Waals surface area contributed by atoms with Gasteiger partial charge in [-0.15, -0.1) is 5.92 Å². The normalized spacial score (nSPS) is 10.4. The second kappa shape index (κ2) is 6.22. The maximum Gasteiger partial charge on any atom is 0.337 e. The Balaban J connectivity index is 3.07. The minimum atomic E-state index is -3.74. The van der Waals surface area contributed by atoms with Gasteiger partial charge in [-0.2, -0.15) is 4.72 Å². The predicted octanol–water partition coefficient (Wildman–Crippen LogP) is 0.357. The van der Waals surface area contributed by atoms with Gasteiger partial charge in [0.1, 0.15) is 4.90 Å². The molecular formula is C12H14N2O4S. The van der Waals surface area contributed by atoms with Crippen LogP contribution in [0.25, 0.3) is 0 Å². The molecule has 0 aromatic heterocycles. The fraction of sp³-hybridized carbons (Fsp3) is 0.250. The highest BCUT2D eigenvalue weighted by Gasteiger charge is 2.18. The van der Waals surface area contributed by atoms with E-state index in [4.69, 9.17) is 5.73 Å². The molecule has 0 fully saturated rings. The monoisotopic (exact) mass is 282 g/mol. The van der Waals surface area contributed by atoms with Crippen molar-refractivity contribution in [1.29, 1.82) is 0 Å². The minimum absolute atomic E-state index is 0.00295. The van der Waals surface area contributed by atoms with E-state index in [9.17, 15) is 13.2 Å². The predicted molar refractivity (Wildman–Crippen MR) is 70.8 cm³/mol. The third kappa shape index (κ3) is 3.71. The number of carbonyl (C=O) groups is 1. The highest BCUT2D eigenvalue weighted by molar-refractivity contribution is 7.89. The number of anilines is 1. The van der Waals surface area contributed by atoms with E-state index < -0.39 is 16.0 Å². The molecule has 0 saturated heterocycles. The maximum atomic E-state index is 11.9. The van der Waals surface area contributed by atoms with Gasteiger partial charge in [0, 0.05) is 0 Å². The average Bonchev–Trinajstić information content (AvgIpc) is 2.37. The molecule has 0 heterocycles. The number of carbonyl (C=O) groups excluding carboxylic acids is 1. The van der Waals surface area contributed by atoms with Gasteiger partial charge in [-0.05, 0) is 25.1 Å². The molecule has 0 amide bonds. The van der Waals surface area contributed by atoms with E-state index in [0.717, 1.165) is 0 Å². The van der Waals surface area contributed by atoms with Gasteiger partial charge in [-0.25, -0.2) is 13.2 Å². The van der Waals surface area contributed by atoms with Crippen molar-refractivity contribution in [1.82, 2.24) is 4.72 Å². The van der Waals surface area contributed by atoms with Gasteiger partial charge in [0.25, 0.3) is 0 Å². The van der Waals surface area contributed by atoms with E-state index in [0.29, 0.717) is 0 Å². The van der Waals surface area contributed by atoms with Crippen LogP contribution >= 0.6 is 0 Å². The summed E-state index contributed by atoms with van der Waals surface area (Å²) in [5.74, 6) is 4.56. The molecular weight excluding hydrogens is 268 g/mol. The first-order chi connectivity index (χ1) is 8.92. The Morgan fingerprint density at radius 1 is 1.47 bits per heavy atom. The summed E-state index contributed by atoms with van der Waals surface area (Å²) in [6.45, 7) is 1.60. The summed E-state index contributed by atoms with van der Waals surface area (Å²) >= 11 is 0. The van der Waals surface area contributed by atoms with Crippen molar-refractivity contribution in [3.8, 4) is 11.8 Å². The largest absolute Gasteiger partial charge is 0.465 e. The van der Waals surface area contributed by atoms with Gasteiger partial charge in [-0.3, -0.25) is 0 Å². The molecule has 1 aromatic carbocycles. The van der Waals surface area contributed by atoms with Crippen molar-refractivity contribution < 1.29 is 17.9 Å². The summed E-state index contributed by atoms with van der Waals surface area (Å²) in [7, 11) is -2.51. The molecule has 1 aromatic rings. The number of nitrogens with two attached hydrogens (primary N) is 1. The quantitative estimate of drug-likeness (QED) is 0.472. The zero-order valence-electron chi connectivity index (χ0n) is 10.6. The standard InChI is InChI=1S/C12H14N2O4S/c1-3-4-7-14-19(16,17)11-6-5-9(8-10(11)13)12(15)18-2/h5-6,8,14H,7,13H2,1-2H3. The fourth-order valence-corrected chi connectivity index (χ4v) is 2.37. The second-order valence-electron chi connectivity index (χ2n) is 3.50. The summed E-state index contributed by atoms with van der Waals surface area (Å²) in [6.07, 6.45) is 0.